The van der Waals surface area contributed by atoms with Gasteiger partial charge in [-0.15, -0.1) is 24.2 Å². The molecule has 1 aromatic heterocycles. The standard InChI is InChI=1S/C13H14N2S.ClH/c1-2-12(16-13-4-6-15-9-13)7-11-8-14-5-3-10(1)11;/h1-3,5,7-8,13,15H,4,6,9H2;1H. The molecule has 4 heteroatoms. The van der Waals surface area contributed by atoms with Crippen molar-refractivity contribution in [3.05, 3.63) is 36.7 Å². The van der Waals surface area contributed by atoms with Gasteiger partial charge in [0.1, 0.15) is 0 Å². The zero-order valence-corrected chi connectivity index (χ0v) is 11.1. The lowest BCUT2D eigenvalue weighted by molar-refractivity contribution is 0.858. The summed E-state index contributed by atoms with van der Waals surface area (Å²) in [5, 5.41) is 6.63. The molecule has 2 heterocycles. The number of nitrogens with one attached hydrogen (secondary N) is 1. The summed E-state index contributed by atoms with van der Waals surface area (Å²) in [5.74, 6) is 0. The number of aromatic nitrogens is 1. The first-order chi connectivity index (χ1) is 7.92. The van der Waals surface area contributed by atoms with Crippen LogP contribution in [0.25, 0.3) is 10.8 Å². The van der Waals surface area contributed by atoms with Crippen LogP contribution in [0, 0.1) is 0 Å². The highest BCUT2D eigenvalue weighted by atomic mass is 35.5. The van der Waals surface area contributed by atoms with Crippen LogP contribution in [0.3, 0.4) is 0 Å². The Morgan fingerprint density at radius 3 is 3.00 bits per heavy atom. The number of pyridine rings is 1. The second-order valence-electron chi connectivity index (χ2n) is 4.12. The molecular formula is C13H15ClN2S. The minimum absolute atomic E-state index is 0. The van der Waals surface area contributed by atoms with Crippen LogP contribution in [-0.2, 0) is 0 Å². The first-order valence-electron chi connectivity index (χ1n) is 5.63. The van der Waals surface area contributed by atoms with Gasteiger partial charge in [-0.25, -0.2) is 0 Å². The number of nitrogens with zero attached hydrogens (tertiary/aromatic N) is 1. The molecule has 0 spiro atoms. The Morgan fingerprint density at radius 2 is 2.18 bits per heavy atom. The Balaban J connectivity index is 0.00000108. The summed E-state index contributed by atoms with van der Waals surface area (Å²) in [5.41, 5.74) is 0. The fourth-order valence-electron chi connectivity index (χ4n) is 2.06. The van der Waals surface area contributed by atoms with Gasteiger partial charge in [-0.05, 0) is 36.6 Å². The van der Waals surface area contributed by atoms with Gasteiger partial charge >= 0.3 is 0 Å². The highest BCUT2D eigenvalue weighted by Gasteiger charge is 2.15. The molecule has 3 rings (SSSR count). The van der Waals surface area contributed by atoms with Crippen molar-refractivity contribution in [1.82, 2.24) is 10.3 Å². The summed E-state index contributed by atoms with van der Waals surface area (Å²) in [7, 11) is 0. The minimum atomic E-state index is 0. The summed E-state index contributed by atoms with van der Waals surface area (Å²) in [6.07, 6.45) is 5.05. The molecule has 1 atom stereocenters. The van der Waals surface area contributed by atoms with Gasteiger partial charge in [0, 0.05) is 34.5 Å². The normalized spacial score (nSPS) is 19.2. The monoisotopic (exact) mass is 266 g/mol. The molecular weight excluding hydrogens is 252 g/mol. The number of thioether (sulfide) groups is 1. The van der Waals surface area contributed by atoms with Crippen molar-refractivity contribution in [2.45, 2.75) is 16.6 Å². The van der Waals surface area contributed by atoms with E-state index in [1.807, 2.05) is 24.2 Å². The largest absolute Gasteiger partial charge is 0.316 e. The maximum absolute atomic E-state index is 4.16. The van der Waals surface area contributed by atoms with Crippen LogP contribution in [-0.4, -0.2) is 23.3 Å². The van der Waals surface area contributed by atoms with Gasteiger partial charge in [-0.2, -0.15) is 0 Å². The maximum Gasteiger partial charge on any atom is 0.0346 e. The quantitative estimate of drug-likeness (QED) is 0.904. The van der Waals surface area contributed by atoms with Crippen LogP contribution in [0.15, 0.2) is 41.6 Å². The highest BCUT2D eigenvalue weighted by molar-refractivity contribution is 8.00. The van der Waals surface area contributed by atoms with E-state index in [0.29, 0.717) is 0 Å². The Labute approximate surface area is 112 Å². The van der Waals surface area contributed by atoms with E-state index in [1.165, 1.54) is 22.1 Å². The molecule has 1 aromatic carbocycles. The Bertz CT molecular complexity index is 497. The second-order valence-corrected chi connectivity index (χ2v) is 5.49. The van der Waals surface area contributed by atoms with Crippen LogP contribution < -0.4 is 5.32 Å². The van der Waals surface area contributed by atoms with Crippen LogP contribution >= 0.6 is 24.2 Å². The minimum Gasteiger partial charge on any atom is -0.316 e. The summed E-state index contributed by atoms with van der Waals surface area (Å²) in [4.78, 5) is 5.52. The SMILES string of the molecule is Cl.c1cc2ccc(SC3CCNC3)cc2cn1. The first-order valence-corrected chi connectivity index (χ1v) is 6.51. The third-order valence-corrected chi connectivity index (χ3v) is 4.19. The number of hydrogen-bond donors (Lipinski definition) is 1. The van der Waals surface area contributed by atoms with Crippen LogP contribution in [0.5, 0.6) is 0 Å². The van der Waals surface area contributed by atoms with Crippen molar-refractivity contribution in [2.24, 2.45) is 0 Å². The van der Waals surface area contributed by atoms with Crippen molar-refractivity contribution < 1.29 is 0 Å². The lowest BCUT2D eigenvalue weighted by atomic mass is 10.2. The van der Waals surface area contributed by atoms with E-state index < -0.39 is 0 Å². The Hall–Kier alpha value is -0.770. The van der Waals surface area contributed by atoms with E-state index in [1.54, 1.807) is 0 Å². The predicted octanol–water partition coefficient (Wildman–Crippen LogP) is 3.11. The van der Waals surface area contributed by atoms with Crippen LogP contribution in [0.2, 0.25) is 0 Å². The molecule has 0 aliphatic carbocycles. The number of benzene rings is 1. The number of halogens is 1. The highest BCUT2D eigenvalue weighted by Crippen LogP contribution is 2.29. The molecule has 1 aliphatic rings. The van der Waals surface area contributed by atoms with Gasteiger partial charge in [0.15, 0.2) is 0 Å². The van der Waals surface area contributed by atoms with Crippen LogP contribution in [0.1, 0.15) is 6.42 Å². The smallest absolute Gasteiger partial charge is 0.0346 e. The van der Waals surface area contributed by atoms with Gasteiger partial charge in [0.25, 0.3) is 0 Å². The average Bonchev–Trinajstić information content (AvgIpc) is 2.82. The zero-order chi connectivity index (χ0) is 10.8. The molecule has 1 saturated heterocycles. The molecule has 1 N–H and O–H groups in total. The second kappa shape index (κ2) is 5.71. The molecule has 0 saturated carbocycles. The average molecular weight is 267 g/mol. The van der Waals surface area contributed by atoms with E-state index in [-0.39, 0.29) is 12.4 Å². The third kappa shape index (κ3) is 2.92. The van der Waals surface area contributed by atoms with Gasteiger partial charge < -0.3 is 5.32 Å². The number of hydrogen-bond acceptors (Lipinski definition) is 3. The van der Waals surface area contributed by atoms with Crippen molar-refractivity contribution >= 4 is 34.9 Å². The zero-order valence-electron chi connectivity index (χ0n) is 9.43. The molecule has 17 heavy (non-hydrogen) atoms. The molecule has 0 bridgehead atoms. The van der Waals surface area contributed by atoms with Crippen molar-refractivity contribution in [3.63, 3.8) is 0 Å². The van der Waals surface area contributed by atoms with Crippen LogP contribution in [0.4, 0.5) is 0 Å². The summed E-state index contributed by atoms with van der Waals surface area (Å²) in [6.45, 7) is 2.29. The maximum atomic E-state index is 4.16. The van der Waals surface area contributed by atoms with Crippen molar-refractivity contribution in [3.8, 4) is 0 Å². The van der Waals surface area contributed by atoms with E-state index in [2.05, 4.69) is 34.6 Å². The topological polar surface area (TPSA) is 24.9 Å². The van der Waals surface area contributed by atoms with Gasteiger partial charge in [-0.1, -0.05) is 6.07 Å². The molecule has 90 valence electrons. The Morgan fingerprint density at radius 1 is 1.24 bits per heavy atom. The molecule has 1 fully saturated rings. The third-order valence-electron chi connectivity index (χ3n) is 2.93. The number of fused-ring (bicyclic) bond motifs is 1. The molecule has 0 radical (unpaired) electrons. The van der Waals surface area contributed by atoms with E-state index in [4.69, 9.17) is 0 Å². The predicted molar refractivity (Wildman–Crippen MR) is 76.1 cm³/mol. The lowest BCUT2D eigenvalue weighted by Crippen LogP contribution is -2.09. The summed E-state index contributed by atoms with van der Waals surface area (Å²) in [6, 6.07) is 8.69. The Kier molecular flexibility index (Phi) is 4.26. The van der Waals surface area contributed by atoms with Gasteiger partial charge in [0.05, 0.1) is 0 Å². The number of rotatable bonds is 2. The molecule has 0 amide bonds. The first kappa shape index (κ1) is 12.7. The van der Waals surface area contributed by atoms with Crippen molar-refractivity contribution in [1.29, 1.82) is 0 Å². The molecule has 1 unspecified atom stereocenters. The fourth-order valence-corrected chi connectivity index (χ4v) is 3.22. The molecule has 2 nitrogen and oxygen atoms in total. The summed E-state index contributed by atoms with van der Waals surface area (Å²) >= 11 is 1.98. The fraction of sp³-hybridized carbons (Fsp3) is 0.308. The van der Waals surface area contributed by atoms with Gasteiger partial charge in [-0.3, -0.25) is 4.98 Å². The summed E-state index contributed by atoms with van der Waals surface area (Å²) < 4.78 is 0. The molecule has 2 aromatic rings. The van der Waals surface area contributed by atoms with Gasteiger partial charge in [0.2, 0.25) is 0 Å². The lowest BCUT2D eigenvalue weighted by Gasteiger charge is -2.08. The van der Waals surface area contributed by atoms with Crippen molar-refractivity contribution in [2.75, 3.05) is 13.1 Å². The molecule has 1 aliphatic heterocycles. The van der Waals surface area contributed by atoms with E-state index in [9.17, 15) is 0 Å². The van der Waals surface area contributed by atoms with E-state index in [0.717, 1.165) is 18.3 Å². The van der Waals surface area contributed by atoms with E-state index >= 15 is 0 Å².